The molecule has 0 saturated heterocycles. The quantitative estimate of drug-likeness (QED) is 0.208. The zero-order valence-electron chi connectivity index (χ0n) is 22.0. The zero-order valence-corrected chi connectivity index (χ0v) is 22.8. The third kappa shape index (κ3) is 3.24. The van der Waals surface area contributed by atoms with Gasteiger partial charge in [0, 0.05) is 43.7 Å². The second kappa shape index (κ2) is 8.69. The highest BCUT2D eigenvalue weighted by atomic mass is 32.1. The average molecular weight is 539 g/mol. The van der Waals surface area contributed by atoms with Crippen molar-refractivity contribution in [2.45, 2.75) is 0 Å². The highest BCUT2D eigenvalue weighted by Gasteiger charge is 2.26. The first-order valence-electron chi connectivity index (χ1n) is 13.8. The van der Waals surface area contributed by atoms with Gasteiger partial charge in [-0.25, -0.2) is 0 Å². The average Bonchev–Trinajstić information content (AvgIpc) is 3.42. The molecule has 0 radical (unpaired) electrons. The Bertz CT molecular complexity index is 2330. The first-order chi connectivity index (χ1) is 20.4. The highest BCUT2D eigenvalue weighted by molar-refractivity contribution is 7.26. The lowest BCUT2D eigenvalue weighted by Crippen LogP contribution is -2.00. The van der Waals surface area contributed by atoms with E-state index in [1.165, 1.54) is 70.2 Å². The molecule has 0 atom stereocenters. The van der Waals surface area contributed by atoms with Crippen LogP contribution in [-0.2, 0) is 0 Å². The van der Waals surface area contributed by atoms with Crippen LogP contribution in [0.15, 0.2) is 134 Å². The van der Waals surface area contributed by atoms with Crippen LogP contribution in [0.2, 0.25) is 0 Å². The van der Waals surface area contributed by atoms with Crippen molar-refractivity contribution in [3.8, 4) is 55.6 Å². The molecular weight excluding hydrogens is 516 g/mol. The maximum atomic E-state index is 4.88. The molecule has 0 fully saturated rings. The summed E-state index contributed by atoms with van der Waals surface area (Å²) in [6.45, 7) is 0. The van der Waals surface area contributed by atoms with Gasteiger partial charge in [-0.1, -0.05) is 109 Å². The number of fused-ring (bicyclic) bond motifs is 13. The number of hydrogen-bond donors (Lipinski definition) is 0. The second-order valence-electron chi connectivity index (χ2n) is 10.5. The highest BCUT2D eigenvalue weighted by Crippen LogP contribution is 2.52. The van der Waals surface area contributed by atoms with Gasteiger partial charge in [0.2, 0.25) is 0 Å². The van der Waals surface area contributed by atoms with Crippen LogP contribution in [0.3, 0.4) is 0 Å². The van der Waals surface area contributed by atoms with Gasteiger partial charge >= 0.3 is 0 Å². The van der Waals surface area contributed by atoms with Crippen molar-refractivity contribution in [1.82, 2.24) is 9.97 Å². The van der Waals surface area contributed by atoms with E-state index in [-0.39, 0.29) is 0 Å². The molecule has 3 heteroatoms. The number of thiophene rings is 1. The lowest BCUT2D eigenvalue weighted by molar-refractivity contribution is 1.29. The third-order valence-electron chi connectivity index (χ3n) is 8.37. The molecule has 0 saturated carbocycles. The molecule has 0 unspecified atom stereocenters. The van der Waals surface area contributed by atoms with E-state index in [4.69, 9.17) is 4.98 Å². The molecule has 2 nitrogen and oxygen atoms in total. The van der Waals surface area contributed by atoms with Crippen LogP contribution in [0.5, 0.6) is 0 Å². The summed E-state index contributed by atoms with van der Waals surface area (Å²) in [5.41, 5.74) is 14.0. The number of hydrogen-bond acceptors (Lipinski definition) is 3. The second-order valence-corrected chi connectivity index (χ2v) is 11.6. The summed E-state index contributed by atoms with van der Waals surface area (Å²) in [6.07, 6.45) is 3.58. The molecule has 1 aliphatic rings. The molecule has 8 aromatic rings. The van der Waals surface area contributed by atoms with Crippen LogP contribution in [0.25, 0.3) is 86.8 Å². The molecule has 0 amide bonds. The maximum absolute atomic E-state index is 4.88. The first-order valence-corrected chi connectivity index (χ1v) is 14.7. The van der Waals surface area contributed by atoms with Crippen LogP contribution in [-0.4, -0.2) is 9.97 Å². The van der Waals surface area contributed by atoms with Gasteiger partial charge in [-0.3, -0.25) is 9.97 Å². The van der Waals surface area contributed by atoms with Crippen molar-refractivity contribution in [1.29, 1.82) is 0 Å². The number of rotatable bonds is 1. The summed E-state index contributed by atoms with van der Waals surface area (Å²) in [5, 5.41) is 2.63. The summed E-state index contributed by atoms with van der Waals surface area (Å²) in [5.74, 6) is 0. The summed E-state index contributed by atoms with van der Waals surface area (Å²) in [4.78, 5) is 9.56. The molecular formula is C38H22N2S. The monoisotopic (exact) mass is 538 g/mol. The van der Waals surface area contributed by atoms with Crippen molar-refractivity contribution in [3.05, 3.63) is 134 Å². The molecule has 9 rings (SSSR count). The Hall–Kier alpha value is -5.12. The molecule has 0 spiro atoms. The molecule has 6 aromatic carbocycles. The van der Waals surface area contributed by atoms with Crippen molar-refractivity contribution in [2.24, 2.45) is 0 Å². The first kappa shape index (κ1) is 22.7. The van der Waals surface area contributed by atoms with Crippen LogP contribution < -0.4 is 0 Å². The van der Waals surface area contributed by atoms with Crippen molar-refractivity contribution in [3.63, 3.8) is 0 Å². The number of aromatic nitrogens is 2. The lowest BCUT2D eigenvalue weighted by Gasteiger charge is -2.25. The van der Waals surface area contributed by atoms with Gasteiger partial charge in [0.15, 0.2) is 0 Å². The lowest BCUT2D eigenvalue weighted by atomic mass is 9.78. The van der Waals surface area contributed by atoms with Crippen LogP contribution in [0.1, 0.15) is 0 Å². The van der Waals surface area contributed by atoms with Crippen molar-refractivity contribution in [2.75, 3.05) is 0 Å². The van der Waals surface area contributed by atoms with Crippen LogP contribution in [0, 0.1) is 0 Å². The normalized spacial score (nSPS) is 11.9. The summed E-state index contributed by atoms with van der Waals surface area (Å²) < 4.78 is 2.64. The summed E-state index contributed by atoms with van der Waals surface area (Å²) >= 11 is 1.88. The van der Waals surface area contributed by atoms with E-state index in [0.29, 0.717) is 0 Å². The standard InChI is InChI=1S/C38H22N2S/c1-2-10-24-23(9-1)26-14-7-15-29(32-17-8-16-31-25-11-5-6-18-34(25)41-38(31)32)35(26)27-12-3-4-13-28(27)36-30(24)19-20-33-37(36)40-22-21-39-33/h1-22H. The van der Waals surface area contributed by atoms with E-state index in [0.717, 1.165) is 16.6 Å². The molecule has 2 aromatic heterocycles. The fourth-order valence-electron chi connectivity index (χ4n) is 6.66. The Kier molecular flexibility index (Phi) is 4.80. The van der Waals surface area contributed by atoms with E-state index in [1.807, 2.05) is 11.3 Å². The molecule has 0 bridgehead atoms. The van der Waals surface area contributed by atoms with Gasteiger partial charge in [-0.2, -0.15) is 0 Å². The van der Waals surface area contributed by atoms with Gasteiger partial charge in [-0.15, -0.1) is 11.3 Å². The van der Waals surface area contributed by atoms with Gasteiger partial charge in [-0.05, 0) is 56.6 Å². The summed E-state index contributed by atoms with van der Waals surface area (Å²) in [7, 11) is 0. The largest absolute Gasteiger partial charge is 0.253 e. The zero-order chi connectivity index (χ0) is 26.9. The van der Waals surface area contributed by atoms with Gasteiger partial charge in [0.25, 0.3) is 0 Å². The minimum atomic E-state index is 0.905. The fraction of sp³-hybridized carbons (Fsp3) is 0. The van der Waals surface area contributed by atoms with Gasteiger partial charge in [0.1, 0.15) is 0 Å². The predicted molar refractivity (Wildman–Crippen MR) is 173 cm³/mol. The van der Waals surface area contributed by atoms with E-state index in [2.05, 4.69) is 126 Å². The van der Waals surface area contributed by atoms with Crippen molar-refractivity contribution < 1.29 is 0 Å². The predicted octanol–water partition coefficient (Wildman–Crippen LogP) is 10.6. The fourth-order valence-corrected chi connectivity index (χ4v) is 7.89. The van der Waals surface area contributed by atoms with E-state index >= 15 is 0 Å². The third-order valence-corrected chi connectivity index (χ3v) is 9.59. The molecule has 2 heterocycles. The Balaban J connectivity index is 1.46. The van der Waals surface area contributed by atoms with E-state index < -0.39 is 0 Å². The van der Waals surface area contributed by atoms with Crippen LogP contribution in [0.4, 0.5) is 0 Å². The maximum Gasteiger partial charge on any atom is 0.0971 e. The Morgan fingerprint density at radius 2 is 0.951 bits per heavy atom. The Morgan fingerprint density at radius 1 is 0.390 bits per heavy atom. The Labute approximate surface area is 241 Å². The smallest absolute Gasteiger partial charge is 0.0971 e. The van der Waals surface area contributed by atoms with Gasteiger partial charge in [0.05, 0.1) is 11.0 Å². The van der Waals surface area contributed by atoms with E-state index in [9.17, 15) is 0 Å². The van der Waals surface area contributed by atoms with Crippen molar-refractivity contribution >= 4 is 42.5 Å². The van der Waals surface area contributed by atoms with E-state index in [1.54, 1.807) is 12.4 Å². The minimum Gasteiger partial charge on any atom is -0.253 e. The molecule has 41 heavy (non-hydrogen) atoms. The molecule has 0 N–H and O–H groups in total. The Morgan fingerprint density at radius 3 is 1.78 bits per heavy atom. The SMILES string of the molecule is c1ccc2c(c1)-c1cccc(-c3cccc4c3sc3ccccc34)c1-c1ccccc1-c1c-2ccc2nccnc12. The number of benzene rings is 6. The van der Waals surface area contributed by atoms with Gasteiger partial charge < -0.3 is 0 Å². The number of nitrogens with zero attached hydrogens (tertiary/aromatic N) is 2. The minimum absolute atomic E-state index is 0.905. The molecule has 190 valence electrons. The molecule has 1 aliphatic carbocycles. The summed E-state index contributed by atoms with van der Waals surface area (Å²) in [6, 6.07) is 44.2. The van der Waals surface area contributed by atoms with Crippen LogP contribution >= 0.6 is 11.3 Å². The topological polar surface area (TPSA) is 25.8 Å². The molecule has 0 aliphatic heterocycles.